The molecule has 0 saturated carbocycles. The van der Waals surface area contributed by atoms with Crippen molar-refractivity contribution in [2.24, 2.45) is 0 Å². The van der Waals surface area contributed by atoms with E-state index >= 15 is 0 Å². The number of imidazole rings is 1. The Morgan fingerprint density at radius 3 is 2.72 bits per heavy atom. The van der Waals surface area contributed by atoms with Gasteiger partial charge in [-0.2, -0.15) is 4.98 Å². The third-order valence-corrected chi connectivity index (χ3v) is 4.68. The van der Waals surface area contributed by atoms with Crippen LogP contribution in [0.4, 0.5) is 14.6 Å². The van der Waals surface area contributed by atoms with Crippen LogP contribution in [0.1, 0.15) is 35.8 Å². The van der Waals surface area contributed by atoms with Crippen LogP contribution in [0.25, 0.3) is 0 Å². The van der Waals surface area contributed by atoms with E-state index in [1.165, 1.54) is 16.7 Å². The molecule has 2 aromatic rings. The lowest BCUT2D eigenvalue weighted by molar-refractivity contribution is 0.0940. The number of halogens is 2. The highest BCUT2D eigenvalue weighted by atomic mass is 19.1. The Hall–Kier alpha value is -3.40. The van der Waals surface area contributed by atoms with Crippen molar-refractivity contribution in [3.8, 4) is 11.8 Å². The summed E-state index contributed by atoms with van der Waals surface area (Å²) in [6, 6.07) is 6.41. The van der Waals surface area contributed by atoms with E-state index in [0.29, 0.717) is 13.0 Å². The Balaban J connectivity index is 1.99. The van der Waals surface area contributed by atoms with Gasteiger partial charge in [0.05, 0.1) is 6.54 Å². The summed E-state index contributed by atoms with van der Waals surface area (Å²) in [5.41, 5.74) is 0.929. The summed E-state index contributed by atoms with van der Waals surface area (Å²) < 4.78 is 34.8. The first-order valence-electron chi connectivity index (χ1n) is 10.3. The second kappa shape index (κ2) is 10.8. The lowest BCUT2D eigenvalue weighted by Gasteiger charge is -2.18. The largest absolute Gasteiger partial charge is 0.508 e. The first-order chi connectivity index (χ1) is 15.4. The van der Waals surface area contributed by atoms with Crippen LogP contribution in [0, 0.1) is 0 Å². The smallest absolute Gasteiger partial charge is 0.299 e. The van der Waals surface area contributed by atoms with Crippen molar-refractivity contribution in [3.63, 3.8) is 0 Å². The summed E-state index contributed by atoms with van der Waals surface area (Å²) >= 11 is 0. The van der Waals surface area contributed by atoms with Gasteiger partial charge in [-0.3, -0.25) is 9.36 Å². The molecule has 1 aliphatic rings. The summed E-state index contributed by atoms with van der Waals surface area (Å²) in [4.78, 5) is 17.3. The number of anilines is 1. The number of phenolic OH excluding ortho intramolecular Hbond substituents is 1. The Morgan fingerprint density at radius 2 is 2.06 bits per heavy atom. The number of aliphatic hydroxyl groups is 1. The lowest BCUT2D eigenvalue weighted by atomic mass is 10.1. The van der Waals surface area contributed by atoms with Gasteiger partial charge in [0.25, 0.3) is 11.9 Å². The molecule has 1 heterocycles. The zero-order valence-electron chi connectivity index (χ0n) is 17.6. The predicted octanol–water partition coefficient (Wildman–Crippen LogP) is 3.04. The molecular formula is C22H26F2N4O4. The molecule has 32 heavy (non-hydrogen) atoms. The molecule has 0 spiro atoms. The molecule has 8 nitrogen and oxygen atoms in total. The Bertz CT molecular complexity index is 1000. The van der Waals surface area contributed by atoms with Crippen molar-refractivity contribution in [2.75, 3.05) is 25.0 Å². The number of phenols is 1. The second-order valence-electron chi connectivity index (χ2n) is 7.21. The van der Waals surface area contributed by atoms with Gasteiger partial charge in [0.15, 0.2) is 11.5 Å². The van der Waals surface area contributed by atoms with Gasteiger partial charge in [0.1, 0.15) is 23.5 Å². The van der Waals surface area contributed by atoms with Gasteiger partial charge in [-0.05, 0) is 37.1 Å². The fourth-order valence-corrected chi connectivity index (χ4v) is 3.23. The molecule has 10 heteroatoms. The number of ether oxygens (including phenoxy) is 1. The highest BCUT2D eigenvalue weighted by Crippen LogP contribution is 2.29. The van der Waals surface area contributed by atoms with Crippen molar-refractivity contribution in [3.05, 3.63) is 59.3 Å². The molecule has 172 valence electrons. The number of allylic oxidation sites excluding steroid dienone is 2. The maximum absolute atomic E-state index is 13.7. The van der Waals surface area contributed by atoms with Gasteiger partial charge in [0.2, 0.25) is 0 Å². The minimum Gasteiger partial charge on any atom is -0.508 e. The highest BCUT2D eigenvalue weighted by Gasteiger charge is 2.27. The van der Waals surface area contributed by atoms with Gasteiger partial charge < -0.3 is 25.6 Å². The number of nitrogens with one attached hydrogen (secondary N) is 2. The highest BCUT2D eigenvalue weighted by molar-refractivity contribution is 5.97. The number of aromatic nitrogens is 2. The minimum atomic E-state index is -0.930. The molecule has 1 aliphatic carbocycles. The molecule has 4 N–H and O–H groups in total. The number of rotatable bonds is 10. The summed E-state index contributed by atoms with van der Waals surface area (Å²) in [5, 5.41) is 24.3. The van der Waals surface area contributed by atoms with Crippen LogP contribution >= 0.6 is 0 Å². The maximum Gasteiger partial charge on any atom is 0.299 e. The minimum absolute atomic E-state index is 0.0186. The van der Waals surface area contributed by atoms with Crippen molar-refractivity contribution >= 4 is 11.7 Å². The number of amides is 1. The molecule has 1 unspecified atom stereocenters. The first-order valence-corrected chi connectivity index (χ1v) is 10.3. The van der Waals surface area contributed by atoms with Crippen LogP contribution < -0.4 is 15.4 Å². The molecule has 0 aliphatic heterocycles. The fourth-order valence-electron chi connectivity index (χ4n) is 3.23. The average Bonchev–Trinajstić information content (AvgIpc) is 3.06. The number of aromatic hydroxyl groups is 1. The second-order valence-corrected chi connectivity index (χ2v) is 7.21. The normalized spacial score (nSPS) is 15.7. The topological polar surface area (TPSA) is 109 Å². The molecule has 0 fully saturated rings. The maximum atomic E-state index is 13.7. The molecule has 1 amide bonds. The monoisotopic (exact) mass is 448 g/mol. The molecular weight excluding hydrogens is 422 g/mol. The zero-order chi connectivity index (χ0) is 23.1. The number of carbonyl (C=O) groups excluding carboxylic acids is 1. The van der Waals surface area contributed by atoms with Crippen molar-refractivity contribution in [2.45, 2.75) is 32.4 Å². The summed E-state index contributed by atoms with van der Waals surface area (Å²) in [5.74, 6) is -1.48. The van der Waals surface area contributed by atoms with Gasteiger partial charge in [-0.1, -0.05) is 12.1 Å². The number of aliphatic hydroxyl groups excluding tert-OH is 1. The van der Waals surface area contributed by atoms with E-state index in [1.54, 1.807) is 12.1 Å². The summed E-state index contributed by atoms with van der Waals surface area (Å²) in [7, 11) is 0. The lowest BCUT2D eigenvalue weighted by Crippen LogP contribution is -2.29. The summed E-state index contributed by atoms with van der Waals surface area (Å²) in [6.07, 6.45) is 1.24. The van der Waals surface area contributed by atoms with E-state index in [2.05, 4.69) is 15.6 Å². The van der Waals surface area contributed by atoms with E-state index < -0.39 is 23.7 Å². The van der Waals surface area contributed by atoms with Crippen LogP contribution in [-0.2, 0) is 6.54 Å². The van der Waals surface area contributed by atoms with Gasteiger partial charge in [0, 0.05) is 32.2 Å². The van der Waals surface area contributed by atoms with E-state index in [4.69, 9.17) is 9.84 Å². The van der Waals surface area contributed by atoms with Crippen LogP contribution in [0.15, 0.2) is 48.1 Å². The van der Waals surface area contributed by atoms with Gasteiger partial charge in [-0.25, -0.2) is 8.78 Å². The van der Waals surface area contributed by atoms with Crippen LogP contribution in [0.3, 0.4) is 0 Å². The number of nitrogens with zero attached hydrogens (tertiary/aromatic N) is 2. The number of carbonyl (C=O) groups is 1. The first kappa shape index (κ1) is 23.3. The Morgan fingerprint density at radius 1 is 1.31 bits per heavy atom. The molecule has 1 aromatic heterocycles. The SMILES string of the molecule is CCNc1nc(OC2C=C(F)C=C(F)C2)n(Cc2ccc(O)cc2)c1C(=O)NCCCO. The van der Waals surface area contributed by atoms with E-state index in [-0.39, 0.29) is 49.4 Å². The predicted molar refractivity (Wildman–Crippen MR) is 115 cm³/mol. The van der Waals surface area contributed by atoms with Gasteiger partial charge in [-0.15, -0.1) is 0 Å². The molecule has 0 radical (unpaired) electrons. The molecule has 3 rings (SSSR count). The summed E-state index contributed by atoms with van der Waals surface area (Å²) in [6.45, 7) is 2.66. The fraction of sp³-hybridized carbons (Fsp3) is 0.364. The molecule has 1 aromatic carbocycles. The van der Waals surface area contributed by atoms with E-state index in [9.17, 15) is 18.7 Å². The molecule has 0 bridgehead atoms. The van der Waals surface area contributed by atoms with Crippen LogP contribution in [0.5, 0.6) is 11.8 Å². The third kappa shape index (κ3) is 5.85. The molecule has 1 atom stereocenters. The quantitative estimate of drug-likeness (QED) is 0.416. The Kier molecular flexibility index (Phi) is 7.82. The van der Waals surface area contributed by atoms with Crippen LogP contribution in [-0.4, -0.2) is 51.5 Å². The number of hydrogen-bond donors (Lipinski definition) is 4. The van der Waals surface area contributed by atoms with Gasteiger partial charge >= 0.3 is 0 Å². The zero-order valence-corrected chi connectivity index (χ0v) is 17.6. The van der Waals surface area contributed by atoms with Crippen LogP contribution in [0.2, 0.25) is 0 Å². The Labute approximate surface area is 184 Å². The number of hydrogen-bond acceptors (Lipinski definition) is 6. The van der Waals surface area contributed by atoms with Crippen molar-refractivity contribution in [1.29, 1.82) is 0 Å². The third-order valence-electron chi connectivity index (χ3n) is 4.68. The standard InChI is InChI=1S/C22H26F2N4O4/c1-2-25-20-19(21(31)26-8-3-9-29)28(13-14-4-6-17(30)7-5-14)22(27-20)32-18-11-15(23)10-16(24)12-18/h4-7,10-11,18,25,29-30H,2-3,8-9,12-13H2,1H3,(H,26,31). The number of benzene rings is 1. The van der Waals surface area contributed by atoms with Crippen molar-refractivity contribution < 1.29 is 28.5 Å². The van der Waals surface area contributed by atoms with Crippen molar-refractivity contribution in [1.82, 2.24) is 14.9 Å². The van der Waals surface area contributed by atoms with E-state index in [1.807, 2.05) is 6.92 Å². The molecule has 0 saturated heterocycles. The average molecular weight is 448 g/mol. The van der Waals surface area contributed by atoms with E-state index in [0.717, 1.165) is 17.7 Å².